The first-order valence-electron chi connectivity index (χ1n) is 7.57. The molecule has 0 radical (unpaired) electrons. The van der Waals surface area contributed by atoms with E-state index in [-0.39, 0.29) is 11.6 Å². The molecule has 2 aromatic rings. The fourth-order valence-electron chi connectivity index (χ4n) is 2.78. The number of amides is 1. The monoisotopic (exact) mass is 319 g/mol. The van der Waals surface area contributed by atoms with Crippen molar-refractivity contribution in [1.29, 1.82) is 0 Å². The third kappa shape index (κ3) is 3.43. The van der Waals surface area contributed by atoms with Crippen molar-refractivity contribution in [2.24, 2.45) is 0 Å². The smallest absolute Gasteiger partial charge is 0.287 e. The largest absolute Gasteiger partial charge is 0.451 e. The Morgan fingerprint density at radius 3 is 2.61 bits per heavy atom. The molecule has 23 heavy (non-hydrogen) atoms. The van der Waals surface area contributed by atoms with E-state index in [4.69, 9.17) is 4.42 Å². The fraction of sp³-hybridized carbons (Fsp3) is 0.353. The van der Waals surface area contributed by atoms with Gasteiger partial charge in [0.25, 0.3) is 5.91 Å². The molecule has 0 aliphatic heterocycles. The van der Waals surface area contributed by atoms with E-state index < -0.39 is 24.2 Å². The van der Waals surface area contributed by atoms with Crippen LogP contribution in [0.1, 0.15) is 29.8 Å². The summed E-state index contributed by atoms with van der Waals surface area (Å²) in [6.07, 6.45) is 0.0837. The van der Waals surface area contributed by atoms with E-state index in [1.807, 2.05) is 0 Å². The zero-order chi connectivity index (χ0) is 16.4. The second-order valence-electron chi connectivity index (χ2n) is 5.74. The molecule has 1 amide bonds. The van der Waals surface area contributed by atoms with Crippen molar-refractivity contribution in [3.8, 4) is 11.3 Å². The van der Waals surface area contributed by atoms with Gasteiger partial charge in [0.2, 0.25) is 0 Å². The molecule has 1 fully saturated rings. The van der Waals surface area contributed by atoms with Crippen LogP contribution in [-0.2, 0) is 0 Å². The maximum Gasteiger partial charge on any atom is 0.287 e. The minimum atomic E-state index is -0.973. The second kappa shape index (κ2) is 6.52. The predicted octanol–water partition coefficient (Wildman–Crippen LogP) is 2.09. The summed E-state index contributed by atoms with van der Waals surface area (Å²) in [7, 11) is 0. The molecule has 0 saturated heterocycles. The molecular formula is C17H18FNO4. The van der Waals surface area contributed by atoms with Crippen molar-refractivity contribution in [3.63, 3.8) is 0 Å². The summed E-state index contributed by atoms with van der Waals surface area (Å²) in [4.78, 5) is 12.2. The van der Waals surface area contributed by atoms with Crippen LogP contribution in [0.25, 0.3) is 11.3 Å². The summed E-state index contributed by atoms with van der Waals surface area (Å²) in [6, 6.07) is 8.43. The van der Waals surface area contributed by atoms with Crippen molar-refractivity contribution in [3.05, 3.63) is 48.0 Å². The van der Waals surface area contributed by atoms with Gasteiger partial charge >= 0.3 is 0 Å². The van der Waals surface area contributed by atoms with Crippen molar-refractivity contribution in [1.82, 2.24) is 5.32 Å². The van der Waals surface area contributed by atoms with Gasteiger partial charge in [0.15, 0.2) is 5.76 Å². The van der Waals surface area contributed by atoms with Gasteiger partial charge in [-0.1, -0.05) is 0 Å². The number of nitrogens with one attached hydrogen (secondary N) is 1. The average molecular weight is 319 g/mol. The van der Waals surface area contributed by atoms with E-state index in [1.165, 1.54) is 18.2 Å². The van der Waals surface area contributed by atoms with E-state index >= 15 is 0 Å². The molecular weight excluding hydrogens is 301 g/mol. The second-order valence-corrected chi connectivity index (χ2v) is 5.74. The summed E-state index contributed by atoms with van der Waals surface area (Å²) in [5.41, 5.74) is 0.665. The Kier molecular flexibility index (Phi) is 4.45. The van der Waals surface area contributed by atoms with Crippen molar-refractivity contribution in [2.75, 3.05) is 0 Å². The van der Waals surface area contributed by atoms with Crippen molar-refractivity contribution >= 4 is 5.91 Å². The van der Waals surface area contributed by atoms with Crippen LogP contribution in [-0.4, -0.2) is 34.4 Å². The number of halogens is 1. The summed E-state index contributed by atoms with van der Waals surface area (Å²) >= 11 is 0. The van der Waals surface area contributed by atoms with E-state index in [9.17, 15) is 19.4 Å². The highest BCUT2D eigenvalue weighted by molar-refractivity contribution is 5.92. The lowest BCUT2D eigenvalue weighted by molar-refractivity contribution is -0.0279. The molecule has 6 heteroatoms. The van der Waals surface area contributed by atoms with Crippen LogP contribution in [0.2, 0.25) is 0 Å². The van der Waals surface area contributed by atoms with Gasteiger partial charge in [-0.15, -0.1) is 0 Å². The Hall–Kier alpha value is -2.18. The Morgan fingerprint density at radius 2 is 1.87 bits per heavy atom. The number of carbonyl (C=O) groups is 1. The first-order chi connectivity index (χ1) is 11.0. The highest BCUT2D eigenvalue weighted by Gasteiger charge is 2.32. The molecule has 1 aromatic heterocycles. The minimum Gasteiger partial charge on any atom is -0.451 e. The van der Waals surface area contributed by atoms with Gasteiger partial charge in [0.05, 0.1) is 12.1 Å². The first-order valence-corrected chi connectivity index (χ1v) is 7.57. The topological polar surface area (TPSA) is 82.7 Å². The molecule has 1 heterocycles. The average Bonchev–Trinajstić information content (AvgIpc) is 3.02. The fourth-order valence-corrected chi connectivity index (χ4v) is 2.78. The van der Waals surface area contributed by atoms with Crippen LogP contribution in [0.4, 0.5) is 4.39 Å². The van der Waals surface area contributed by atoms with E-state index in [1.54, 1.807) is 18.2 Å². The van der Waals surface area contributed by atoms with E-state index in [0.717, 1.165) is 6.42 Å². The van der Waals surface area contributed by atoms with Crippen LogP contribution in [0.15, 0.2) is 40.8 Å². The lowest BCUT2D eigenvalue weighted by atomic mass is 9.90. The van der Waals surface area contributed by atoms with Gasteiger partial charge in [0.1, 0.15) is 17.7 Å². The van der Waals surface area contributed by atoms with Gasteiger partial charge in [-0.3, -0.25) is 4.79 Å². The maximum absolute atomic E-state index is 12.9. The van der Waals surface area contributed by atoms with Gasteiger partial charge in [-0.05, 0) is 55.7 Å². The summed E-state index contributed by atoms with van der Waals surface area (Å²) in [5, 5.41) is 22.2. The van der Waals surface area contributed by atoms with Crippen LogP contribution in [0.5, 0.6) is 0 Å². The third-order valence-corrected chi connectivity index (χ3v) is 4.10. The molecule has 3 atom stereocenters. The zero-order valence-corrected chi connectivity index (χ0v) is 12.4. The predicted molar refractivity (Wildman–Crippen MR) is 81.2 cm³/mol. The Balaban J connectivity index is 1.70. The molecule has 1 aliphatic carbocycles. The molecule has 0 unspecified atom stereocenters. The van der Waals surface area contributed by atoms with Crippen LogP contribution in [0, 0.1) is 5.82 Å². The lowest BCUT2D eigenvalue weighted by Gasteiger charge is -2.31. The molecule has 0 bridgehead atoms. The SMILES string of the molecule is O=C(N[C@@H]1CCC[C@@H](O)[C@@H]1O)c1ccc(-c2ccc(F)cc2)o1. The van der Waals surface area contributed by atoms with Crippen LogP contribution < -0.4 is 5.32 Å². The summed E-state index contributed by atoms with van der Waals surface area (Å²) in [5.74, 6) is -0.226. The standard InChI is InChI=1S/C17H18FNO4/c18-11-6-4-10(5-7-11)14-8-9-15(23-14)17(22)19-12-2-1-3-13(20)16(12)21/h4-9,12-13,16,20-21H,1-3H2,(H,19,22)/t12-,13-,16-/m1/s1. The number of rotatable bonds is 3. The Bertz CT molecular complexity index is 682. The zero-order valence-electron chi connectivity index (χ0n) is 12.4. The third-order valence-electron chi connectivity index (χ3n) is 4.10. The normalized spacial score (nSPS) is 24.4. The first kappa shape index (κ1) is 15.7. The van der Waals surface area contributed by atoms with Gasteiger partial charge in [0, 0.05) is 5.56 Å². The van der Waals surface area contributed by atoms with Crippen molar-refractivity contribution in [2.45, 2.75) is 37.5 Å². The van der Waals surface area contributed by atoms with Gasteiger partial charge in [-0.2, -0.15) is 0 Å². The van der Waals surface area contributed by atoms with Crippen LogP contribution in [0.3, 0.4) is 0 Å². The number of hydrogen-bond acceptors (Lipinski definition) is 4. The quantitative estimate of drug-likeness (QED) is 0.809. The number of aliphatic hydroxyl groups is 2. The molecule has 3 N–H and O–H groups in total. The van der Waals surface area contributed by atoms with Gasteiger partial charge in [-0.25, -0.2) is 4.39 Å². The molecule has 0 spiro atoms. The number of carbonyl (C=O) groups excluding carboxylic acids is 1. The molecule has 5 nitrogen and oxygen atoms in total. The maximum atomic E-state index is 12.9. The van der Waals surface area contributed by atoms with Gasteiger partial charge < -0.3 is 19.9 Å². The molecule has 122 valence electrons. The summed E-state index contributed by atoms with van der Waals surface area (Å²) < 4.78 is 18.4. The molecule has 1 saturated carbocycles. The number of aliphatic hydroxyl groups excluding tert-OH is 2. The molecule has 3 rings (SSSR count). The highest BCUT2D eigenvalue weighted by Crippen LogP contribution is 2.23. The summed E-state index contributed by atoms with van der Waals surface area (Å²) in [6.45, 7) is 0. The number of benzene rings is 1. The minimum absolute atomic E-state index is 0.108. The molecule has 1 aromatic carbocycles. The van der Waals surface area contributed by atoms with Crippen LogP contribution >= 0.6 is 0 Å². The Labute approximate surface area is 132 Å². The van der Waals surface area contributed by atoms with E-state index in [0.29, 0.717) is 24.2 Å². The van der Waals surface area contributed by atoms with Crippen molar-refractivity contribution < 1.29 is 23.8 Å². The number of hydrogen-bond donors (Lipinski definition) is 3. The highest BCUT2D eigenvalue weighted by atomic mass is 19.1. The molecule has 1 aliphatic rings. The number of furan rings is 1. The Morgan fingerprint density at radius 1 is 1.13 bits per heavy atom. The lowest BCUT2D eigenvalue weighted by Crippen LogP contribution is -2.50. The van der Waals surface area contributed by atoms with E-state index in [2.05, 4.69) is 5.32 Å².